The molecule has 52 heavy (non-hydrogen) atoms. The number of likely N-dealkylation sites (tertiary alicyclic amines) is 1. The van der Waals surface area contributed by atoms with Gasteiger partial charge >= 0.3 is 6.09 Å². The molecule has 2 fully saturated rings. The highest BCUT2D eigenvalue weighted by molar-refractivity contribution is 7.91. The monoisotopic (exact) mass is 749 g/mol. The van der Waals surface area contributed by atoms with E-state index in [9.17, 15) is 22.8 Å². The Morgan fingerprint density at radius 3 is 2.42 bits per heavy atom. The van der Waals surface area contributed by atoms with Crippen LogP contribution in [0.1, 0.15) is 94.9 Å². The molecule has 2 aromatic heterocycles. The lowest BCUT2D eigenvalue weighted by atomic mass is 9.85. The first-order valence-corrected chi connectivity index (χ1v) is 19.3. The molecule has 284 valence electrons. The number of pyridine rings is 1. The van der Waals surface area contributed by atoms with Crippen LogP contribution in [0.4, 0.5) is 23.8 Å². The minimum Gasteiger partial charge on any atom is -0.475 e. The second-order valence-corrected chi connectivity index (χ2v) is 16.9. The van der Waals surface area contributed by atoms with Gasteiger partial charge in [-0.1, -0.05) is 18.2 Å². The maximum absolute atomic E-state index is 16.2. The van der Waals surface area contributed by atoms with E-state index in [4.69, 9.17) is 9.47 Å². The van der Waals surface area contributed by atoms with Gasteiger partial charge in [0.1, 0.15) is 33.1 Å². The predicted octanol–water partition coefficient (Wildman–Crippen LogP) is 6.03. The molecule has 2 aliphatic rings. The number of benzene rings is 1. The van der Waals surface area contributed by atoms with E-state index in [1.807, 2.05) is 0 Å². The topological polar surface area (TPSA) is 150 Å². The lowest BCUT2D eigenvalue weighted by Gasteiger charge is -2.37. The summed E-state index contributed by atoms with van der Waals surface area (Å²) in [4.78, 5) is 38.3. The van der Waals surface area contributed by atoms with Crippen LogP contribution < -0.4 is 15.6 Å². The van der Waals surface area contributed by atoms with Crippen molar-refractivity contribution in [3.63, 3.8) is 0 Å². The molecular formula is C36H46F3N5O7S. The van der Waals surface area contributed by atoms with Crippen LogP contribution in [0.3, 0.4) is 0 Å². The van der Waals surface area contributed by atoms with E-state index in [2.05, 4.69) is 15.5 Å². The van der Waals surface area contributed by atoms with E-state index < -0.39 is 50.8 Å². The zero-order chi connectivity index (χ0) is 38.0. The Morgan fingerprint density at radius 1 is 1.12 bits per heavy atom. The zero-order valence-corrected chi connectivity index (χ0v) is 30.9. The molecule has 1 amide bonds. The minimum atomic E-state index is -3.53. The Labute approximate surface area is 301 Å². The Bertz CT molecular complexity index is 1960. The van der Waals surface area contributed by atoms with Gasteiger partial charge in [-0.15, -0.1) is 10.2 Å². The summed E-state index contributed by atoms with van der Waals surface area (Å²) in [5, 5.41) is 12.0. The second kappa shape index (κ2) is 15.4. The smallest absolute Gasteiger partial charge is 0.410 e. The summed E-state index contributed by atoms with van der Waals surface area (Å²) in [6, 6.07) is 4.56. The molecule has 0 unspecified atom stereocenters. The summed E-state index contributed by atoms with van der Waals surface area (Å²) < 4.78 is 85.0. The Balaban J connectivity index is 1.44. The normalized spacial score (nSPS) is 17.9. The van der Waals surface area contributed by atoms with Gasteiger partial charge in [-0.3, -0.25) is 4.79 Å². The van der Waals surface area contributed by atoms with Crippen molar-refractivity contribution >= 4 is 38.9 Å². The summed E-state index contributed by atoms with van der Waals surface area (Å²) in [7, 11) is -1.67. The molecule has 3 aromatic rings. The van der Waals surface area contributed by atoms with E-state index in [0.29, 0.717) is 17.4 Å². The molecule has 2 saturated heterocycles. The van der Waals surface area contributed by atoms with Gasteiger partial charge in [0, 0.05) is 49.0 Å². The number of hydrogen-bond donors (Lipinski definition) is 1. The van der Waals surface area contributed by atoms with Crippen molar-refractivity contribution in [2.45, 2.75) is 89.7 Å². The number of piperidine rings is 1. The Kier molecular flexibility index (Phi) is 11.6. The first-order chi connectivity index (χ1) is 24.4. The fourth-order valence-electron chi connectivity index (χ4n) is 6.83. The molecule has 1 atom stereocenters. The van der Waals surface area contributed by atoms with Crippen LogP contribution in [0.15, 0.2) is 29.1 Å². The molecule has 4 heterocycles. The number of carbonyl (C=O) groups is 2. The van der Waals surface area contributed by atoms with Gasteiger partial charge in [-0.05, 0) is 71.8 Å². The van der Waals surface area contributed by atoms with E-state index in [1.165, 1.54) is 28.6 Å². The van der Waals surface area contributed by atoms with Gasteiger partial charge in [0.2, 0.25) is 0 Å². The maximum atomic E-state index is 16.2. The van der Waals surface area contributed by atoms with Crippen molar-refractivity contribution in [3.05, 3.63) is 57.1 Å². The van der Waals surface area contributed by atoms with E-state index in [1.54, 1.807) is 33.8 Å². The van der Waals surface area contributed by atoms with Gasteiger partial charge in [0.05, 0.1) is 29.7 Å². The first-order valence-electron chi connectivity index (χ1n) is 17.5. The van der Waals surface area contributed by atoms with Crippen LogP contribution in [0.25, 0.3) is 10.9 Å². The third kappa shape index (κ3) is 8.53. The number of hydrogen-bond acceptors (Lipinski definition) is 10. The number of aryl methyl sites for hydroxylation is 1. The van der Waals surface area contributed by atoms with Crippen LogP contribution in [-0.4, -0.2) is 77.3 Å². The first kappa shape index (κ1) is 39.0. The number of sulfone groups is 1. The third-order valence-corrected chi connectivity index (χ3v) is 11.4. The summed E-state index contributed by atoms with van der Waals surface area (Å²) in [6.45, 7) is 6.99. The average molecular weight is 750 g/mol. The largest absolute Gasteiger partial charge is 0.475 e. The third-order valence-electron chi connectivity index (χ3n) is 9.71. The fraction of sp³-hybridized carbons (Fsp3) is 0.583. The molecule has 1 aromatic carbocycles. The van der Waals surface area contributed by atoms with Gasteiger partial charge in [0.15, 0.2) is 5.82 Å². The van der Waals surface area contributed by atoms with Gasteiger partial charge in [0.25, 0.3) is 17.4 Å². The molecule has 0 saturated carbocycles. The van der Waals surface area contributed by atoms with Crippen LogP contribution in [0.5, 0.6) is 5.88 Å². The number of aromatic nitrogens is 3. The summed E-state index contributed by atoms with van der Waals surface area (Å²) >= 11 is 0. The number of ether oxygens (including phenoxy) is 2. The quantitative estimate of drug-likeness (QED) is 0.182. The molecular weight excluding hydrogens is 703 g/mol. The molecule has 5 rings (SSSR count). The standard InChI is InChI=1S/C36H46F3N5O7S/c1-22(25-9-8-10-28(29(25)37)36(38,39)24-11-15-44(16-12-24)34(47)51-35(2,3)4)40-31-27-21-26(23-13-19-52(48,49)20-14-23)33(46)43(5)30(27)32(42-41-31)50-18-7-6-17-45/h8-10,17,21-24H,6-7,11-16,18-20H2,1-5H3,(H,40,41)/t22-/m1/s1. The predicted molar refractivity (Wildman–Crippen MR) is 189 cm³/mol. The Hall–Kier alpha value is -4.21. The highest BCUT2D eigenvalue weighted by atomic mass is 32.2. The van der Waals surface area contributed by atoms with Crippen molar-refractivity contribution in [3.8, 4) is 5.88 Å². The van der Waals surface area contributed by atoms with Crippen molar-refractivity contribution in [2.75, 3.05) is 36.5 Å². The van der Waals surface area contributed by atoms with Crippen molar-refractivity contribution in [1.82, 2.24) is 19.7 Å². The average Bonchev–Trinajstić information content (AvgIpc) is 3.08. The summed E-state index contributed by atoms with van der Waals surface area (Å²) in [5.74, 6) is -6.09. The number of anilines is 1. The fourth-order valence-corrected chi connectivity index (χ4v) is 8.32. The van der Waals surface area contributed by atoms with Crippen molar-refractivity contribution in [1.29, 1.82) is 0 Å². The number of carbonyl (C=O) groups excluding carboxylic acids is 2. The number of nitrogens with zero attached hydrogens (tertiary/aromatic N) is 4. The maximum Gasteiger partial charge on any atom is 0.410 e. The highest BCUT2D eigenvalue weighted by Gasteiger charge is 2.46. The van der Waals surface area contributed by atoms with Gasteiger partial charge < -0.3 is 29.1 Å². The van der Waals surface area contributed by atoms with Crippen LogP contribution in [0, 0.1) is 11.7 Å². The van der Waals surface area contributed by atoms with Crippen molar-refractivity contribution < 1.29 is 40.7 Å². The lowest BCUT2D eigenvalue weighted by Crippen LogP contribution is -2.44. The molecule has 0 spiro atoms. The molecule has 2 aliphatic heterocycles. The van der Waals surface area contributed by atoms with E-state index in [0.717, 1.165) is 12.4 Å². The molecule has 16 heteroatoms. The zero-order valence-electron chi connectivity index (χ0n) is 30.1. The van der Waals surface area contributed by atoms with Crippen LogP contribution in [-0.2, 0) is 32.3 Å². The molecule has 0 aliphatic carbocycles. The van der Waals surface area contributed by atoms with Crippen LogP contribution >= 0.6 is 0 Å². The number of nitrogens with one attached hydrogen (secondary N) is 1. The van der Waals surface area contributed by atoms with Crippen molar-refractivity contribution in [2.24, 2.45) is 13.0 Å². The van der Waals surface area contributed by atoms with Crippen LogP contribution in [0.2, 0.25) is 0 Å². The highest BCUT2D eigenvalue weighted by Crippen LogP contribution is 2.44. The summed E-state index contributed by atoms with van der Waals surface area (Å²) in [5.41, 5.74) is -1.23. The molecule has 12 nitrogen and oxygen atoms in total. The minimum absolute atomic E-state index is 0.0296. The molecule has 0 radical (unpaired) electrons. The number of unbranched alkanes of at least 4 members (excludes halogenated alkanes) is 1. The number of aldehydes is 1. The number of alkyl halides is 2. The Morgan fingerprint density at radius 2 is 1.79 bits per heavy atom. The number of amides is 1. The van der Waals surface area contributed by atoms with E-state index in [-0.39, 0.29) is 97.6 Å². The number of fused-ring (bicyclic) bond motifs is 1. The number of rotatable bonds is 11. The lowest BCUT2D eigenvalue weighted by molar-refractivity contribution is -0.108. The van der Waals surface area contributed by atoms with Gasteiger partial charge in [-0.2, -0.15) is 0 Å². The van der Waals surface area contributed by atoms with E-state index >= 15 is 13.2 Å². The summed E-state index contributed by atoms with van der Waals surface area (Å²) in [6.07, 6.45) is 1.29. The molecule has 1 N–H and O–H groups in total. The second-order valence-electron chi connectivity index (χ2n) is 14.6. The number of halogens is 3. The SMILES string of the molecule is C[C@@H](Nc1nnc(OCCCC=O)c2c1cc(C1CCS(=O)(=O)CC1)c(=O)n2C)c1cccc(C(F)(F)C2CCN(C(=O)OC(C)(C)C)CC2)c1F. The van der Waals surface area contributed by atoms with Gasteiger partial charge in [-0.25, -0.2) is 26.4 Å². The molecule has 0 bridgehead atoms.